The van der Waals surface area contributed by atoms with E-state index in [0.29, 0.717) is 5.56 Å². The lowest BCUT2D eigenvalue weighted by atomic mass is 10.0. The predicted octanol–water partition coefficient (Wildman–Crippen LogP) is 4.16. The van der Waals surface area contributed by atoms with E-state index in [4.69, 9.17) is 0 Å². The second-order valence-corrected chi connectivity index (χ2v) is 7.00. The summed E-state index contributed by atoms with van der Waals surface area (Å²) in [5, 5.41) is 14.2. The van der Waals surface area contributed by atoms with Crippen LogP contribution in [0, 0.1) is 6.92 Å². The topological polar surface area (TPSA) is 62.2 Å². The van der Waals surface area contributed by atoms with Crippen molar-refractivity contribution in [2.45, 2.75) is 26.0 Å². The fourth-order valence-electron chi connectivity index (χ4n) is 2.81. The quantitative estimate of drug-likeness (QED) is 0.693. The van der Waals surface area contributed by atoms with Gasteiger partial charge in [0.1, 0.15) is 0 Å². The Kier molecular flexibility index (Phi) is 5.16. The van der Waals surface area contributed by atoms with Gasteiger partial charge >= 0.3 is 0 Å². The Morgan fingerprint density at radius 3 is 2.56 bits per heavy atom. The second kappa shape index (κ2) is 7.33. The molecule has 2 aromatic carbocycles. The van der Waals surface area contributed by atoms with Crippen LogP contribution in [0.1, 0.15) is 34.6 Å². The Labute approximate surface area is 155 Å². The van der Waals surface area contributed by atoms with Crippen LogP contribution in [0.15, 0.2) is 59.1 Å². The molecule has 4 nitrogen and oxygen atoms in total. The summed E-state index contributed by atoms with van der Waals surface area (Å²) in [5.74, 6) is -0.217. The van der Waals surface area contributed by atoms with E-state index in [0.717, 1.165) is 26.6 Å². The highest BCUT2D eigenvalue weighted by Crippen LogP contribution is 2.21. The molecule has 0 aliphatic heterocycles. The second-order valence-electron chi connectivity index (χ2n) is 6.09. The fourth-order valence-corrected chi connectivity index (χ4v) is 3.07. The Morgan fingerprint density at radius 1 is 1.16 bits per heavy atom. The van der Waals surface area contributed by atoms with E-state index in [-0.39, 0.29) is 5.91 Å². The number of aliphatic hydroxyl groups excluding tert-OH is 1. The molecule has 2 N–H and O–H groups in total. The lowest BCUT2D eigenvalue weighted by Crippen LogP contribution is -2.37. The van der Waals surface area contributed by atoms with Crippen LogP contribution in [0.4, 0.5) is 0 Å². The minimum absolute atomic E-state index is 0.217. The highest BCUT2D eigenvalue weighted by molar-refractivity contribution is 9.10. The van der Waals surface area contributed by atoms with Crippen molar-refractivity contribution >= 4 is 32.7 Å². The molecular weight excluding hydrogens is 380 g/mol. The van der Waals surface area contributed by atoms with Gasteiger partial charge in [-0.1, -0.05) is 46.3 Å². The number of aryl methyl sites for hydroxylation is 1. The van der Waals surface area contributed by atoms with Crippen molar-refractivity contribution in [1.82, 2.24) is 10.3 Å². The highest BCUT2D eigenvalue weighted by Gasteiger charge is 2.20. The van der Waals surface area contributed by atoms with Gasteiger partial charge in [-0.2, -0.15) is 0 Å². The van der Waals surface area contributed by atoms with Gasteiger partial charge < -0.3 is 10.4 Å². The third-order valence-electron chi connectivity index (χ3n) is 4.13. The van der Waals surface area contributed by atoms with Crippen LogP contribution < -0.4 is 5.32 Å². The smallest absolute Gasteiger partial charge is 0.252 e. The van der Waals surface area contributed by atoms with E-state index in [1.165, 1.54) is 0 Å². The van der Waals surface area contributed by atoms with Crippen molar-refractivity contribution in [2.24, 2.45) is 0 Å². The molecule has 0 unspecified atom stereocenters. The number of carbonyl (C=O) groups is 1. The molecular formula is C20H19BrN2O2. The van der Waals surface area contributed by atoms with Gasteiger partial charge in [0, 0.05) is 15.6 Å². The van der Waals surface area contributed by atoms with Gasteiger partial charge in [0.2, 0.25) is 0 Å². The number of hydrogen-bond acceptors (Lipinski definition) is 3. The summed E-state index contributed by atoms with van der Waals surface area (Å²) in [5.41, 5.74) is 2.89. The number of rotatable bonds is 4. The Morgan fingerprint density at radius 2 is 1.84 bits per heavy atom. The lowest BCUT2D eigenvalue weighted by Gasteiger charge is -2.21. The molecule has 1 heterocycles. The lowest BCUT2D eigenvalue weighted by molar-refractivity contribution is 0.0853. The average molecular weight is 399 g/mol. The van der Waals surface area contributed by atoms with Crippen LogP contribution in [0.5, 0.6) is 0 Å². The molecule has 0 saturated heterocycles. The van der Waals surface area contributed by atoms with Crippen LogP contribution in [-0.2, 0) is 0 Å². The van der Waals surface area contributed by atoms with E-state index in [2.05, 4.69) is 26.2 Å². The molecule has 0 aliphatic rings. The number of carbonyl (C=O) groups excluding carboxylic acids is 1. The van der Waals surface area contributed by atoms with Gasteiger partial charge in [0.15, 0.2) is 0 Å². The summed E-state index contributed by atoms with van der Waals surface area (Å²) in [6.45, 7) is 3.66. The third kappa shape index (κ3) is 3.89. The van der Waals surface area contributed by atoms with Gasteiger partial charge in [-0.15, -0.1) is 0 Å². The van der Waals surface area contributed by atoms with Gasteiger partial charge in [-0.25, -0.2) is 0 Å². The van der Waals surface area contributed by atoms with E-state index < -0.39 is 12.1 Å². The van der Waals surface area contributed by atoms with Crippen LogP contribution in [0.3, 0.4) is 0 Å². The van der Waals surface area contributed by atoms with Gasteiger partial charge in [-0.05, 0) is 43.7 Å². The van der Waals surface area contributed by atoms with E-state index in [1.54, 1.807) is 13.0 Å². The summed E-state index contributed by atoms with van der Waals surface area (Å²) in [7, 11) is 0. The Hall–Kier alpha value is -2.24. The fraction of sp³-hybridized carbons (Fsp3) is 0.200. The molecule has 0 bridgehead atoms. The molecule has 1 amide bonds. The predicted molar refractivity (Wildman–Crippen MR) is 103 cm³/mol. The van der Waals surface area contributed by atoms with Crippen molar-refractivity contribution in [3.63, 3.8) is 0 Å². The average Bonchev–Trinajstić information content (AvgIpc) is 2.60. The first-order valence-electron chi connectivity index (χ1n) is 8.06. The summed E-state index contributed by atoms with van der Waals surface area (Å²) in [6.07, 6.45) is -0.786. The van der Waals surface area contributed by atoms with Gasteiger partial charge in [0.05, 0.1) is 23.2 Å². The molecule has 0 saturated carbocycles. The van der Waals surface area contributed by atoms with E-state index in [9.17, 15) is 9.90 Å². The number of aromatic nitrogens is 1. The highest BCUT2D eigenvalue weighted by atomic mass is 79.9. The number of fused-ring (bicyclic) bond motifs is 1. The molecule has 128 valence electrons. The molecule has 2 atom stereocenters. The number of amides is 1. The van der Waals surface area contributed by atoms with Gasteiger partial charge in [-0.3, -0.25) is 9.78 Å². The minimum Gasteiger partial charge on any atom is -0.386 e. The van der Waals surface area contributed by atoms with Crippen LogP contribution in [0.25, 0.3) is 10.9 Å². The maximum Gasteiger partial charge on any atom is 0.252 e. The van der Waals surface area contributed by atoms with E-state index in [1.807, 2.05) is 55.5 Å². The molecule has 0 radical (unpaired) electrons. The molecule has 0 spiro atoms. The van der Waals surface area contributed by atoms with Crippen LogP contribution in [-0.4, -0.2) is 22.0 Å². The molecule has 3 aromatic rings. The SMILES string of the molecule is Cc1cc(C(=O)N[C@@H](C)[C@H](O)c2ccc(Br)cc2)c2ccccc2n1. The first-order chi connectivity index (χ1) is 12.0. The largest absolute Gasteiger partial charge is 0.386 e. The number of aliphatic hydroxyl groups is 1. The Bertz CT molecular complexity index is 909. The molecule has 0 fully saturated rings. The third-order valence-corrected chi connectivity index (χ3v) is 4.66. The summed E-state index contributed by atoms with van der Waals surface area (Å²) >= 11 is 3.37. The van der Waals surface area contributed by atoms with Crippen molar-refractivity contribution in [3.8, 4) is 0 Å². The zero-order chi connectivity index (χ0) is 18.0. The summed E-state index contributed by atoms with van der Waals surface area (Å²) in [4.78, 5) is 17.2. The normalized spacial score (nSPS) is 13.4. The van der Waals surface area contributed by atoms with Crippen molar-refractivity contribution < 1.29 is 9.90 Å². The number of nitrogens with one attached hydrogen (secondary N) is 1. The molecule has 1 aromatic heterocycles. The molecule has 25 heavy (non-hydrogen) atoms. The number of para-hydroxylation sites is 1. The zero-order valence-corrected chi connectivity index (χ0v) is 15.6. The molecule has 5 heteroatoms. The first-order valence-corrected chi connectivity index (χ1v) is 8.86. The molecule has 0 aliphatic carbocycles. The number of nitrogens with zero attached hydrogens (tertiary/aromatic N) is 1. The van der Waals surface area contributed by atoms with Crippen LogP contribution >= 0.6 is 15.9 Å². The summed E-state index contributed by atoms with van der Waals surface area (Å²) < 4.78 is 0.943. The first kappa shape index (κ1) is 17.6. The Balaban J connectivity index is 1.83. The number of halogens is 1. The standard InChI is InChI=1S/C20H19BrN2O2/c1-12-11-17(16-5-3-4-6-18(16)22-12)20(25)23-13(2)19(24)14-7-9-15(21)10-8-14/h3-11,13,19,24H,1-2H3,(H,23,25)/t13-,19-/m0/s1. The van der Waals surface area contributed by atoms with Crippen LogP contribution in [0.2, 0.25) is 0 Å². The molecule has 3 rings (SSSR count). The maximum absolute atomic E-state index is 12.8. The number of pyridine rings is 1. The monoisotopic (exact) mass is 398 g/mol. The van der Waals surface area contributed by atoms with Gasteiger partial charge in [0.25, 0.3) is 5.91 Å². The number of benzene rings is 2. The van der Waals surface area contributed by atoms with Crippen molar-refractivity contribution in [3.05, 3.63) is 75.9 Å². The minimum atomic E-state index is -0.786. The van der Waals surface area contributed by atoms with E-state index >= 15 is 0 Å². The maximum atomic E-state index is 12.8. The zero-order valence-electron chi connectivity index (χ0n) is 14.0. The van der Waals surface area contributed by atoms with Crippen molar-refractivity contribution in [2.75, 3.05) is 0 Å². The van der Waals surface area contributed by atoms with Crippen molar-refractivity contribution in [1.29, 1.82) is 0 Å². The number of hydrogen-bond donors (Lipinski definition) is 2. The summed E-state index contributed by atoms with van der Waals surface area (Å²) in [6, 6.07) is 16.3.